The molecule has 1 amide bonds. The summed E-state index contributed by atoms with van der Waals surface area (Å²) in [5.74, 6) is 0.789. The standard InChI is InChI=1S/C26H29F3N4O3/c1-17-23(22-13-21(35-2)7-10-33(22)31-17)24(34)30-16-18-14-25(15-18)8-11-32(12-9-25)19-3-5-20(6-4-19)36-26(27,28)29/h3-7,10,13,18H,8-9,11-12,14-16H2,1-2H3,(H,30,34). The van der Waals surface area contributed by atoms with Crippen LogP contribution >= 0.6 is 0 Å². The summed E-state index contributed by atoms with van der Waals surface area (Å²) in [6.45, 7) is 4.19. The van der Waals surface area contributed by atoms with E-state index in [2.05, 4.69) is 20.1 Å². The predicted molar refractivity (Wildman–Crippen MR) is 129 cm³/mol. The van der Waals surface area contributed by atoms with Crippen LogP contribution in [-0.4, -0.2) is 48.6 Å². The van der Waals surface area contributed by atoms with Gasteiger partial charge in [-0.3, -0.25) is 4.79 Å². The third kappa shape index (κ3) is 4.94. The van der Waals surface area contributed by atoms with Gasteiger partial charge in [0, 0.05) is 37.6 Å². The molecule has 192 valence electrons. The largest absolute Gasteiger partial charge is 0.573 e. The number of carbonyl (C=O) groups excluding carboxylic acids is 1. The highest BCUT2D eigenvalue weighted by Gasteiger charge is 2.45. The number of alkyl halides is 3. The monoisotopic (exact) mass is 502 g/mol. The minimum absolute atomic E-state index is 0.121. The fourth-order valence-corrected chi connectivity index (χ4v) is 5.69. The number of nitrogens with zero attached hydrogens (tertiary/aromatic N) is 3. The molecule has 0 unspecified atom stereocenters. The zero-order valence-electron chi connectivity index (χ0n) is 20.3. The summed E-state index contributed by atoms with van der Waals surface area (Å²) in [6.07, 6.45) is 1.31. The van der Waals surface area contributed by atoms with E-state index in [1.54, 1.807) is 36.0 Å². The van der Waals surface area contributed by atoms with Crippen molar-refractivity contribution in [3.8, 4) is 11.5 Å². The van der Waals surface area contributed by atoms with E-state index < -0.39 is 6.36 Å². The van der Waals surface area contributed by atoms with Gasteiger partial charge in [0.2, 0.25) is 0 Å². The molecule has 3 aromatic rings. The van der Waals surface area contributed by atoms with Gasteiger partial charge < -0.3 is 19.7 Å². The Hall–Kier alpha value is -3.43. The number of aromatic nitrogens is 2. The topological polar surface area (TPSA) is 68.1 Å². The number of carbonyl (C=O) groups is 1. The molecule has 1 aliphatic carbocycles. The number of nitrogens with one attached hydrogen (secondary N) is 1. The molecule has 1 spiro atoms. The number of anilines is 1. The van der Waals surface area contributed by atoms with Crippen LogP contribution in [0.5, 0.6) is 11.5 Å². The second kappa shape index (κ2) is 9.22. The fourth-order valence-electron chi connectivity index (χ4n) is 5.69. The molecule has 2 aliphatic rings. The predicted octanol–water partition coefficient (Wildman–Crippen LogP) is 4.98. The molecule has 2 aromatic heterocycles. The zero-order chi connectivity index (χ0) is 25.5. The first-order valence-corrected chi connectivity index (χ1v) is 12.1. The summed E-state index contributed by atoms with van der Waals surface area (Å²) in [5.41, 5.74) is 3.17. The Kier molecular flexibility index (Phi) is 6.22. The van der Waals surface area contributed by atoms with Crippen LogP contribution < -0.4 is 19.7 Å². The number of benzene rings is 1. The molecule has 1 N–H and O–H groups in total. The summed E-state index contributed by atoms with van der Waals surface area (Å²) in [6, 6.07) is 9.69. The van der Waals surface area contributed by atoms with Crippen LogP contribution in [0.25, 0.3) is 5.52 Å². The quantitative estimate of drug-likeness (QED) is 0.515. The highest BCUT2D eigenvalue weighted by atomic mass is 19.4. The van der Waals surface area contributed by atoms with Gasteiger partial charge in [0.15, 0.2) is 0 Å². The van der Waals surface area contributed by atoms with E-state index in [9.17, 15) is 18.0 Å². The number of amides is 1. The Morgan fingerprint density at radius 1 is 1.14 bits per heavy atom. The molecule has 2 fully saturated rings. The van der Waals surface area contributed by atoms with Crippen molar-refractivity contribution < 1.29 is 27.4 Å². The number of halogens is 3. The van der Waals surface area contributed by atoms with E-state index in [0.717, 1.165) is 50.0 Å². The first-order chi connectivity index (χ1) is 17.1. The van der Waals surface area contributed by atoms with Gasteiger partial charge in [-0.2, -0.15) is 5.10 Å². The number of hydrogen-bond acceptors (Lipinski definition) is 5. The van der Waals surface area contributed by atoms with Crippen molar-refractivity contribution in [2.45, 2.75) is 39.0 Å². The molecule has 7 nitrogen and oxygen atoms in total. The second-order valence-electron chi connectivity index (χ2n) is 9.87. The first-order valence-electron chi connectivity index (χ1n) is 12.1. The molecule has 5 rings (SSSR count). The highest BCUT2D eigenvalue weighted by molar-refractivity contribution is 6.02. The van der Waals surface area contributed by atoms with Gasteiger partial charge in [0.25, 0.3) is 5.91 Å². The van der Waals surface area contributed by atoms with Gasteiger partial charge >= 0.3 is 6.36 Å². The zero-order valence-corrected chi connectivity index (χ0v) is 20.3. The molecular formula is C26H29F3N4O3. The molecule has 1 saturated heterocycles. The number of hydrogen-bond donors (Lipinski definition) is 1. The van der Waals surface area contributed by atoms with Crippen LogP contribution in [-0.2, 0) is 0 Å². The lowest BCUT2D eigenvalue weighted by Gasteiger charge is -2.52. The molecule has 3 heterocycles. The molecular weight excluding hydrogens is 473 g/mol. The molecule has 0 radical (unpaired) electrons. The number of aryl methyl sites for hydroxylation is 1. The Balaban J connectivity index is 1.11. The van der Waals surface area contributed by atoms with Gasteiger partial charge in [-0.25, -0.2) is 4.52 Å². The average molecular weight is 503 g/mol. The SMILES string of the molecule is COc1ccn2nc(C)c(C(=O)NCC3CC4(CCN(c5ccc(OC(F)(F)F)cc5)CC4)C3)c2c1. The third-order valence-electron chi connectivity index (χ3n) is 7.50. The van der Waals surface area contributed by atoms with Crippen LogP contribution in [0, 0.1) is 18.3 Å². The summed E-state index contributed by atoms with van der Waals surface area (Å²) in [4.78, 5) is 15.2. The van der Waals surface area contributed by atoms with Crippen molar-refractivity contribution in [1.82, 2.24) is 14.9 Å². The van der Waals surface area contributed by atoms with E-state index >= 15 is 0 Å². The summed E-state index contributed by atoms with van der Waals surface area (Å²) < 4.78 is 48.1. The molecule has 1 saturated carbocycles. The van der Waals surface area contributed by atoms with Gasteiger partial charge in [0.05, 0.1) is 23.9 Å². The Labute approximate surface area is 207 Å². The van der Waals surface area contributed by atoms with Crippen molar-refractivity contribution in [2.24, 2.45) is 11.3 Å². The number of piperidine rings is 1. The minimum Gasteiger partial charge on any atom is -0.497 e. The van der Waals surface area contributed by atoms with Crippen molar-refractivity contribution in [3.63, 3.8) is 0 Å². The molecule has 0 bridgehead atoms. The highest BCUT2D eigenvalue weighted by Crippen LogP contribution is 2.52. The minimum atomic E-state index is -4.68. The van der Waals surface area contributed by atoms with Gasteiger partial charge in [-0.15, -0.1) is 13.2 Å². The molecule has 0 atom stereocenters. The van der Waals surface area contributed by atoms with Gasteiger partial charge in [-0.05, 0) is 74.3 Å². The lowest BCUT2D eigenvalue weighted by Crippen LogP contribution is -2.49. The lowest BCUT2D eigenvalue weighted by molar-refractivity contribution is -0.274. The lowest BCUT2D eigenvalue weighted by atomic mass is 9.57. The van der Waals surface area contributed by atoms with Crippen LogP contribution in [0.3, 0.4) is 0 Å². The van der Waals surface area contributed by atoms with E-state index in [1.165, 1.54) is 12.1 Å². The van der Waals surface area contributed by atoms with Crippen LogP contribution in [0.1, 0.15) is 41.7 Å². The normalized spacial score (nSPS) is 17.8. The summed E-state index contributed by atoms with van der Waals surface area (Å²) in [7, 11) is 1.59. The Morgan fingerprint density at radius 2 is 1.83 bits per heavy atom. The number of fused-ring (bicyclic) bond motifs is 1. The van der Waals surface area contributed by atoms with Crippen molar-refractivity contribution in [3.05, 3.63) is 53.9 Å². The van der Waals surface area contributed by atoms with E-state index in [0.29, 0.717) is 34.9 Å². The van der Waals surface area contributed by atoms with Crippen LogP contribution in [0.4, 0.5) is 18.9 Å². The Bertz CT molecular complexity index is 1240. The third-order valence-corrected chi connectivity index (χ3v) is 7.50. The summed E-state index contributed by atoms with van der Waals surface area (Å²) >= 11 is 0. The molecule has 36 heavy (non-hydrogen) atoms. The maximum absolute atomic E-state index is 13.0. The number of pyridine rings is 1. The average Bonchev–Trinajstić information content (AvgIpc) is 3.16. The fraction of sp³-hybridized carbons (Fsp3) is 0.462. The molecule has 1 aliphatic heterocycles. The smallest absolute Gasteiger partial charge is 0.497 e. The van der Waals surface area contributed by atoms with E-state index in [4.69, 9.17) is 4.74 Å². The van der Waals surface area contributed by atoms with Crippen LogP contribution in [0.2, 0.25) is 0 Å². The maximum atomic E-state index is 13.0. The van der Waals surface area contributed by atoms with Gasteiger partial charge in [-0.1, -0.05) is 0 Å². The van der Waals surface area contributed by atoms with Gasteiger partial charge in [0.1, 0.15) is 11.5 Å². The van der Waals surface area contributed by atoms with Crippen molar-refractivity contribution >= 4 is 17.1 Å². The summed E-state index contributed by atoms with van der Waals surface area (Å²) in [5, 5.41) is 7.53. The number of rotatable bonds is 6. The van der Waals surface area contributed by atoms with Crippen molar-refractivity contribution in [1.29, 1.82) is 0 Å². The van der Waals surface area contributed by atoms with E-state index in [-0.39, 0.29) is 11.7 Å². The molecule has 1 aromatic carbocycles. The molecule has 10 heteroatoms. The number of methoxy groups -OCH3 is 1. The maximum Gasteiger partial charge on any atom is 0.573 e. The first kappa shape index (κ1) is 24.3. The second-order valence-corrected chi connectivity index (χ2v) is 9.87. The Morgan fingerprint density at radius 3 is 2.47 bits per heavy atom. The number of ether oxygens (including phenoxy) is 2. The van der Waals surface area contributed by atoms with Crippen LogP contribution in [0.15, 0.2) is 42.6 Å². The van der Waals surface area contributed by atoms with Crippen molar-refractivity contribution in [2.75, 3.05) is 31.6 Å². The van der Waals surface area contributed by atoms with E-state index in [1.807, 2.05) is 13.0 Å².